The molecular formula is C25H34N4S2. The number of thiophene rings is 1. The summed E-state index contributed by atoms with van der Waals surface area (Å²) in [5.41, 5.74) is 8.67. The maximum absolute atomic E-state index is 5.96. The van der Waals surface area contributed by atoms with Gasteiger partial charge in [-0.2, -0.15) is 0 Å². The van der Waals surface area contributed by atoms with Crippen molar-refractivity contribution in [1.82, 2.24) is 9.88 Å². The molecule has 1 aromatic carbocycles. The number of nitrogens with zero attached hydrogens (tertiary/aromatic N) is 3. The summed E-state index contributed by atoms with van der Waals surface area (Å²) < 4.78 is 1.41. The first-order valence-electron chi connectivity index (χ1n) is 11.9. The van der Waals surface area contributed by atoms with E-state index in [-0.39, 0.29) is 0 Å². The molecule has 2 aliphatic rings. The molecule has 5 rings (SSSR count). The highest BCUT2D eigenvalue weighted by molar-refractivity contribution is 7.17. The Balaban J connectivity index is 1.16. The minimum Gasteiger partial charge on any atom is -0.375 e. The van der Waals surface area contributed by atoms with Gasteiger partial charge in [-0.25, -0.2) is 4.98 Å². The number of benzene rings is 1. The Bertz CT molecular complexity index is 1000. The Labute approximate surface area is 194 Å². The van der Waals surface area contributed by atoms with Crippen molar-refractivity contribution < 1.29 is 0 Å². The first-order valence-corrected chi connectivity index (χ1v) is 13.6. The van der Waals surface area contributed by atoms with Crippen molar-refractivity contribution in [2.75, 3.05) is 36.8 Å². The molecule has 0 radical (unpaired) electrons. The number of fused-ring (bicyclic) bond motifs is 2. The third-order valence-electron chi connectivity index (χ3n) is 7.21. The summed E-state index contributed by atoms with van der Waals surface area (Å²) in [4.78, 5) is 11.4. The van der Waals surface area contributed by atoms with Crippen LogP contribution in [-0.2, 0) is 12.8 Å². The molecule has 6 heteroatoms. The highest BCUT2D eigenvalue weighted by atomic mass is 32.1. The van der Waals surface area contributed by atoms with Gasteiger partial charge in [-0.15, -0.1) is 22.7 Å². The zero-order valence-electron chi connectivity index (χ0n) is 18.6. The third kappa shape index (κ3) is 4.62. The molecule has 0 bridgehead atoms. The second-order valence-corrected chi connectivity index (χ2v) is 11.2. The molecule has 31 heavy (non-hydrogen) atoms. The zero-order chi connectivity index (χ0) is 21.2. The van der Waals surface area contributed by atoms with E-state index in [2.05, 4.69) is 51.4 Å². The van der Waals surface area contributed by atoms with Gasteiger partial charge in [-0.05, 0) is 87.5 Å². The Kier molecular flexibility index (Phi) is 6.49. The quantitative estimate of drug-likeness (QED) is 0.489. The van der Waals surface area contributed by atoms with E-state index in [1.807, 2.05) is 11.3 Å². The molecule has 1 aliphatic carbocycles. The van der Waals surface area contributed by atoms with E-state index >= 15 is 0 Å². The molecule has 4 nitrogen and oxygen atoms in total. The van der Waals surface area contributed by atoms with Gasteiger partial charge in [0.05, 0.1) is 5.69 Å². The van der Waals surface area contributed by atoms with Crippen LogP contribution in [0.4, 0.5) is 10.8 Å². The highest BCUT2D eigenvalue weighted by Gasteiger charge is 2.28. The number of aryl methyl sites for hydroxylation is 1. The summed E-state index contributed by atoms with van der Waals surface area (Å²) in [6.07, 6.45) is 8.69. The minimum atomic E-state index is 0.670. The van der Waals surface area contributed by atoms with Gasteiger partial charge in [0, 0.05) is 39.8 Å². The van der Waals surface area contributed by atoms with Crippen LogP contribution in [0.1, 0.15) is 49.6 Å². The predicted octanol–water partition coefficient (Wildman–Crippen LogP) is 5.82. The molecule has 166 valence electrons. The van der Waals surface area contributed by atoms with Crippen LogP contribution in [0.25, 0.3) is 10.1 Å². The Morgan fingerprint density at radius 1 is 1.16 bits per heavy atom. The minimum absolute atomic E-state index is 0.670. The normalized spacial score (nSPS) is 19.9. The van der Waals surface area contributed by atoms with Crippen molar-refractivity contribution in [2.45, 2.75) is 57.9 Å². The molecule has 1 fully saturated rings. The van der Waals surface area contributed by atoms with Crippen molar-refractivity contribution >= 4 is 43.6 Å². The molecule has 0 saturated carbocycles. The average Bonchev–Trinajstić information content (AvgIpc) is 3.42. The lowest BCUT2D eigenvalue weighted by Crippen LogP contribution is -2.41. The monoisotopic (exact) mass is 454 g/mol. The van der Waals surface area contributed by atoms with E-state index in [0.29, 0.717) is 6.04 Å². The predicted molar refractivity (Wildman–Crippen MR) is 136 cm³/mol. The molecule has 0 spiro atoms. The maximum Gasteiger partial charge on any atom is 0.180 e. The van der Waals surface area contributed by atoms with E-state index in [9.17, 15) is 0 Å². The lowest BCUT2D eigenvalue weighted by molar-refractivity contribution is 0.164. The van der Waals surface area contributed by atoms with Crippen LogP contribution in [0.5, 0.6) is 0 Å². The van der Waals surface area contributed by atoms with Crippen LogP contribution < -0.4 is 10.6 Å². The molecule has 2 N–H and O–H groups in total. The van der Waals surface area contributed by atoms with Gasteiger partial charge in [0.2, 0.25) is 0 Å². The van der Waals surface area contributed by atoms with Crippen LogP contribution in [0, 0.1) is 5.92 Å². The van der Waals surface area contributed by atoms with E-state index in [1.54, 1.807) is 11.3 Å². The molecule has 1 saturated heterocycles. The number of hydrogen-bond acceptors (Lipinski definition) is 6. The number of aromatic nitrogens is 1. The lowest BCUT2D eigenvalue weighted by Gasteiger charge is -2.37. The van der Waals surface area contributed by atoms with Crippen LogP contribution in [0.15, 0.2) is 29.6 Å². The van der Waals surface area contributed by atoms with Gasteiger partial charge >= 0.3 is 0 Å². The molecule has 0 amide bonds. The second kappa shape index (κ2) is 9.47. The number of rotatable bonds is 7. The Morgan fingerprint density at radius 2 is 2.03 bits per heavy atom. The Morgan fingerprint density at radius 3 is 2.87 bits per heavy atom. The fourth-order valence-corrected chi connectivity index (χ4v) is 7.28. The van der Waals surface area contributed by atoms with Crippen LogP contribution in [0.3, 0.4) is 0 Å². The van der Waals surface area contributed by atoms with Crippen molar-refractivity contribution in [3.8, 4) is 0 Å². The molecule has 2 aromatic heterocycles. The summed E-state index contributed by atoms with van der Waals surface area (Å²) in [7, 11) is 0. The molecule has 0 unspecified atom stereocenters. The molecular weight excluding hydrogens is 420 g/mol. The zero-order valence-corrected chi connectivity index (χ0v) is 20.2. The van der Waals surface area contributed by atoms with E-state index < -0.39 is 0 Å². The van der Waals surface area contributed by atoms with Crippen LogP contribution >= 0.6 is 22.7 Å². The van der Waals surface area contributed by atoms with Gasteiger partial charge in [-0.3, -0.25) is 0 Å². The van der Waals surface area contributed by atoms with Crippen molar-refractivity contribution in [3.63, 3.8) is 0 Å². The van der Waals surface area contributed by atoms with Gasteiger partial charge in [0.25, 0.3) is 0 Å². The average molecular weight is 455 g/mol. The summed E-state index contributed by atoms with van der Waals surface area (Å²) in [6.45, 7) is 7.16. The van der Waals surface area contributed by atoms with Gasteiger partial charge in [0.1, 0.15) is 0 Å². The Hall–Kier alpha value is -1.63. The molecule has 3 heterocycles. The molecule has 1 atom stereocenters. The van der Waals surface area contributed by atoms with Crippen LogP contribution in [0.2, 0.25) is 0 Å². The third-order valence-corrected chi connectivity index (χ3v) is 9.04. The summed E-state index contributed by atoms with van der Waals surface area (Å²) in [5.74, 6) is 0.857. The smallest absolute Gasteiger partial charge is 0.180 e. The van der Waals surface area contributed by atoms with Gasteiger partial charge < -0.3 is 15.5 Å². The van der Waals surface area contributed by atoms with Crippen molar-refractivity contribution in [1.29, 1.82) is 0 Å². The first-order chi connectivity index (χ1) is 15.2. The maximum atomic E-state index is 5.96. The number of nitrogen functional groups attached to an aromatic ring is 1. The number of thiazole rings is 1. The van der Waals surface area contributed by atoms with E-state index in [0.717, 1.165) is 23.9 Å². The van der Waals surface area contributed by atoms with Crippen LogP contribution in [-0.4, -0.2) is 42.1 Å². The summed E-state index contributed by atoms with van der Waals surface area (Å²) in [6, 6.07) is 9.73. The van der Waals surface area contributed by atoms with Crippen molar-refractivity contribution in [2.24, 2.45) is 5.92 Å². The van der Waals surface area contributed by atoms with Gasteiger partial charge in [-0.1, -0.05) is 13.0 Å². The molecule has 3 aromatic rings. The molecule has 1 aliphatic heterocycles. The number of anilines is 2. The lowest BCUT2D eigenvalue weighted by atomic mass is 9.91. The van der Waals surface area contributed by atoms with E-state index in [1.165, 1.54) is 84.6 Å². The largest absolute Gasteiger partial charge is 0.375 e. The first kappa shape index (κ1) is 21.2. The topological polar surface area (TPSA) is 45.4 Å². The van der Waals surface area contributed by atoms with Gasteiger partial charge in [0.15, 0.2) is 5.13 Å². The fraction of sp³-hybridized carbons (Fsp3) is 0.560. The highest BCUT2D eigenvalue weighted by Crippen LogP contribution is 2.34. The fourth-order valence-electron chi connectivity index (χ4n) is 5.52. The van der Waals surface area contributed by atoms with Crippen molar-refractivity contribution in [3.05, 3.63) is 40.2 Å². The summed E-state index contributed by atoms with van der Waals surface area (Å²) in [5, 5.41) is 4.40. The SMILES string of the molecule is CCCN(CCC1CCN(c2cccc3sccc23)CC1)[C@H]1CCc2nc(N)sc2C1. The van der Waals surface area contributed by atoms with E-state index in [4.69, 9.17) is 5.73 Å². The summed E-state index contributed by atoms with van der Waals surface area (Å²) >= 11 is 3.56. The number of nitrogens with two attached hydrogens (primary N) is 1. The second-order valence-electron chi connectivity index (χ2n) is 9.18. The number of piperidine rings is 1. The standard InChI is InChI=1S/C25H34N4S2/c1-2-12-28(19-6-7-21-24(17-19)31-25(26)27-21)13-8-18-9-14-29(15-10-18)22-4-3-5-23-20(22)11-16-30-23/h3-5,11,16,18-19H,2,6-10,12-15,17H2,1H3,(H2,26,27)/t19-/m0/s1. The number of hydrogen-bond donors (Lipinski definition) is 1.